The molecule has 0 aliphatic heterocycles. The molecular formula is C12H19N5O2. The summed E-state index contributed by atoms with van der Waals surface area (Å²) < 4.78 is 0. The Labute approximate surface area is 112 Å². The summed E-state index contributed by atoms with van der Waals surface area (Å²) >= 11 is 0. The van der Waals surface area contributed by atoms with E-state index in [0.29, 0.717) is 23.7 Å². The summed E-state index contributed by atoms with van der Waals surface area (Å²) in [5, 5.41) is 17.0. The fourth-order valence-corrected chi connectivity index (χ4v) is 1.99. The predicted molar refractivity (Wildman–Crippen MR) is 73.3 cm³/mol. The average molecular weight is 265 g/mol. The maximum atomic E-state index is 11.0. The minimum absolute atomic E-state index is 0.0754. The molecule has 1 aliphatic rings. The molecule has 1 heterocycles. The molecule has 1 aromatic heterocycles. The van der Waals surface area contributed by atoms with E-state index in [2.05, 4.69) is 27.5 Å². The van der Waals surface area contributed by atoms with Gasteiger partial charge in [0, 0.05) is 13.1 Å². The molecule has 0 amide bonds. The fourth-order valence-electron chi connectivity index (χ4n) is 1.99. The van der Waals surface area contributed by atoms with Crippen LogP contribution in [0.2, 0.25) is 0 Å². The zero-order valence-corrected chi connectivity index (χ0v) is 11.3. The molecular weight excluding hydrogens is 246 g/mol. The van der Waals surface area contributed by atoms with Crippen LogP contribution in [0.5, 0.6) is 0 Å². The van der Waals surface area contributed by atoms with Crippen molar-refractivity contribution in [3.8, 4) is 0 Å². The first-order valence-electron chi connectivity index (χ1n) is 6.59. The number of nitrogens with zero attached hydrogens (tertiary/aromatic N) is 3. The van der Waals surface area contributed by atoms with E-state index in [9.17, 15) is 10.1 Å². The van der Waals surface area contributed by atoms with Crippen LogP contribution < -0.4 is 10.6 Å². The van der Waals surface area contributed by atoms with Gasteiger partial charge in [0.25, 0.3) is 0 Å². The lowest BCUT2D eigenvalue weighted by atomic mass is 10.0. The third kappa shape index (κ3) is 3.10. The molecule has 1 fully saturated rings. The second-order valence-electron chi connectivity index (χ2n) is 4.92. The van der Waals surface area contributed by atoms with Gasteiger partial charge in [-0.2, -0.15) is 4.98 Å². The van der Waals surface area contributed by atoms with Crippen molar-refractivity contribution >= 4 is 17.5 Å². The van der Waals surface area contributed by atoms with Crippen molar-refractivity contribution < 1.29 is 4.92 Å². The predicted octanol–water partition coefficient (Wildman–Crippen LogP) is 2.42. The Morgan fingerprint density at radius 2 is 2.16 bits per heavy atom. The van der Waals surface area contributed by atoms with E-state index in [1.165, 1.54) is 19.0 Å². The molecule has 7 heteroatoms. The van der Waals surface area contributed by atoms with Crippen LogP contribution in [-0.4, -0.2) is 28.0 Å². The average Bonchev–Trinajstić information content (AvgIpc) is 3.17. The second-order valence-corrected chi connectivity index (χ2v) is 4.92. The zero-order chi connectivity index (χ0) is 13.9. The summed E-state index contributed by atoms with van der Waals surface area (Å²) in [5.41, 5.74) is 0.227. The van der Waals surface area contributed by atoms with E-state index in [-0.39, 0.29) is 5.69 Å². The molecule has 2 N–H and O–H groups in total. The van der Waals surface area contributed by atoms with Crippen LogP contribution in [0.3, 0.4) is 0 Å². The zero-order valence-electron chi connectivity index (χ0n) is 11.3. The lowest BCUT2D eigenvalue weighted by Gasteiger charge is -2.14. The summed E-state index contributed by atoms with van der Waals surface area (Å²) in [4.78, 5) is 18.6. The lowest BCUT2D eigenvalue weighted by Crippen LogP contribution is -2.17. The molecule has 104 valence electrons. The molecule has 0 unspecified atom stereocenters. The lowest BCUT2D eigenvalue weighted by molar-refractivity contribution is -0.384. The molecule has 1 saturated carbocycles. The standard InChI is InChI=1S/C12H19N5O2/c1-3-12(5-6-12)8-15-10-9(17(18)19)7-14-11(16-10)13-4-2/h7H,3-6,8H2,1-2H3,(H2,13,14,15,16). The number of hydrogen-bond acceptors (Lipinski definition) is 6. The van der Waals surface area contributed by atoms with Crippen LogP contribution in [0.4, 0.5) is 17.5 Å². The van der Waals surface area contributed by atoms with Crippen LogP contribution in [-0.2, 0) is 0 Å². The van der Waals surface area contributed by atoms with E-state index in [1.807, 2.05) is 6.92 Å². The molecule has 0 radical (unpaired) electrons. The van der Waals surface area contributed by atoms with Crippen molar-refractivity contribution in [2.24, 2.45) is 5.41 Å². The van der Waals surface area contributed by atoms with Crippen LogP contribution in [0.15, 0.2) is 6.20 Å². The molecule has 0 atom stereocenters. The van der Waals surface area contributed by atoms with Crippen LogP contribution in [0.25, 0.3) is 0 Å². The van der Waals surface area contributed by atoms with E-state index >= 15 is 0 Å². The SMILES string of the molecule is CCNc1ncc([N+](=O)[O-])c(NCC2(CC)CC2)n1. The van der Waals surface area contributed by atoms with Crippen LogP contribution >= 0.6 is 0 Å². The maximum absolute atomic E-state index is 11.0. The first-order chi connectivity index (χ1) is 9.10. The van der Waals surface area contributed by atoms with Gasteiger partial charge in [0.05, 0.1) is 4.92 Å². The third-order valence-electron chi connectivity index (χ3n) is 3.64. The Morgan fingerprint density at radius 3 is 2.68 bits per heavy atom. The number of aromatic nitrogens is 2. The normalized spacial score (nSPS) is 15.9. The van der Waals surface area contributed by atoms with Crippen molar-refractivity contribution in [3.63, 3.8) is 0 Å². The minimum atomic E-state index is -0.455. The van der Waals surface area contributed by atoms with Gasteiger partial charge in [-0.3, -0.25) is 10.1 Å². The van der Waals surface area contributed by atoms with E-state index in [0.717, 1.165) is 13.0 Å². The van der Waals surface area contributed by atoms with Crippen molar-refractivity contribution in [2.45, 2.75) is 33.1 Å². The Bertz CT molecular complexity index is 473. The molecule has 0 bridgehead atoms. The molecule has 2 rings (SSSR count). The minimum Gasteiger partial charge on any atom is -0.364 e. The van der Waals surface area contributed by atoms with Crippen LogP contribution in [0.1, 0.15) is 33.1 Å². The third-order valence-corrected chi connectivity index (χ3v) is 3.64. The first kappa shape index (κ1) is 13.5. The van der Waals surface area contributed by atoms with Gasteiger partial charge in [-0.15, -0.1) is 0 Å². The second kappa shape index (κ2) is 5.38. The molecule has 0 aromatic carbocycles. The Hall–Kier alpha value is -1.92. The van der Waals surface area contributed by atoms with Gasteiger partial charge >= 0.3 is 5.69 Å². The summed E-state index contributed by atoms with van der Waals surface area (Å²) in [6.07, 6.45) is 4.68. The van der Waals surface area contributed by atoms with Gasteiger partial charge in [-0.05, 0) is 31.6 Å². The highest BCUT2D eigenvalue weighted by Gasteiger charge is 2.40. The Morgan fingerprint density at radius 1 is 1.42 bits per heavy atom. The van der Waals surface area contributed by atoms with Gasteiger partial charge in [0.15, 0.2) is 0 Å². The molecule has 0 saturated heterocycles. The van der Waals surface area contributed by atoms with Gasteiger partial charge < -0.3 is 10.6 Å². The Balaban J connectivity index is 2.15. The van der Waals surface area contributed by atoms with Gasteiger partial charge in [-0.1, -0.05) is 6.92 Å². The smallest absolute Gasteiger partial charge is 0.329 e. The Kier molecular flexibility index (Phi) is 3.82. The summed E-state index contributed by atoms with van der Waals surface area (Å²) in [6.45, 7) is 5.48. The van der Waals surface area contributed by atoms with E-state index in [4.69, 9.17) is 0 Å². The quantitative estimate of drug-likeness (QED) is 0.581. The van der Waals surface area contributed by atoms with E-state index < -0.39 is 4.92 Å². The molecule has 0 spiro atoms. The number of nitro groups is 1. The molecule has 7 nitrogen and oxygen atoms in total. The van der Waals surface area contributed by atoms with Gasteiger partial charge in [0.2, 0.25) is 11.8 Å². The van der Waals surface area contributed by atoms with Crippen molar-refractivity contribution in [2.75, 3.05) is 23.7 Å². The largest absolute Gasteiger partial charge is 0.364 e. The number of anilines is 2. The van der Waals surface area contributed by atoms with Gasteiger partial charge in [-0.25, -0.2) is 4.98 Å². The topological polar surface area (TPSA) is 93.0 Å². The van der Waals surface area contributed by atoms with Crippen molar-refractivity contribution in [1.82, 2.24) is 9.97 Å². The maximum Gasteiger partial charge on any atom is 0.329 e. The van der Waals surface area contributed by atoms with E-state index in [1.54, 1.807) is 0 Å². The summed E-state index contributed by atoms with van der Waals surface area (Å²) in [6, 6.07) is 0. The fraction of sp³-hybridized carbons (Fsp3) is 0.667. The molecule has 19 heavy (non-hydrogen) atoms. The molecule has 1 aliphatic carbocycles. The van der Waals surface area contributed by atoms with Crippen molar-refractivity contribution in [1.29, 1.82) is 0 Å². The highest BCUT2D eigenvalue weighted by atomic mass is 16.6. The summed E-state index contributed by atoms with van der Waals surface area (Å²) in [5.74, 6) is 0.715. The number of nitrogens with one attached hydrogen (secondary N) is 2. The highest BCUT2D eigenvalue weighted by Crippen LogP contribution is 2.48. The number of rotatable bonds is 7. The summed E-state index contributed by atoms with van der Waals surface area (Å²) in [7, 11) is 0. The number of hydrogen-bond donors (Lipinski definition) is 2. The first-order valence-corrected chi connectivity index (χ1v) is 6.59. The van der Waals surface area contributed by atoms with Gasteiger partial charge in [0.1, 0.15) is 6.20 Å². The van der Waals surface area contributed by atoms with Crippen LogP contribution in [0, 0.1) is 15.5 Å². The molecule has 1 aromatic rings. The highest BCUT2D eigenvalue weighted by molar-refractivity contribution is 5.57. The monoisotopic (exact) mass is 265 g/mol. The van der Waals surface area contributed by atoms with Crippen molar-refractivity contribution in [3.05, 3.63) is 16.3 Å².